The molecule has 3 rings (SSSR count). The van der Waals surface area contributed by atoms with Crippen molar-refractivity contribution in [3.8, 4) is 0 Å². The number of carbonyl (C=O) groups excluding carboxylic acids is 2. The van der Waals surface area contributed by atoms with Crippen molar-refractivity contribution in [3.63, 3.8) is 0 Å². The van der Waals surface area contributed by atoms with Crippen molar-refractivity contribution in [3.05, 3.63) is 59.7 Å². The van der Waals surface area contributed by atoms with Crippen LogP contribution in [0.2, 0.25) is 0 Å². The molecule has 1 fully saturated rings. The van der Waals surface area contributed by atoms with E-state index in [-0.39, 0.29) is 11.7 Å². The first-order valence-corrected chi connectivity index (χ1v) is 9.10. The molecule has 27 heavy (non-hydrogen) atoms. The first-order valence-electron chi connectivity index (χ1n) is 8.69. The maximum absolute atomic E-state index is 12.4. The van der Waals surface area contributed by atoms with E-state index in [1.165, 1.54) is 6.92 Å². The molecule has 2 N–H and O–H groups in total. The van der Waals surface area contributed by atoms with E-state index in [4.69, 9.17) is 17.0 Å². The topological polar surface area (TPSA) is 70.7 Å². The quantitative estimate of drug-likeness (QED) is 0.624. The van der Waals surface area contributed by atoms with Crippen LogP contribution in [-0.2, 0) is 4.74 Å². The second-order valence-corrected chi connectivity index (χ2v) is 6.60. The highest BCUT2D eigenvalue weighted by molar-refractivity contribution is 7.80. The number of ether oxygens (including phenoxy) is 1. The Kier molecular flexibility index (Phi) is 6.16. The van der Waals surface area contributed by atoms with Crippen LogP contribution in [0.4, 0.5) is 11.4 Å². The maximum Gasteiger partial charge on any atom is 0.254 e. The van der Waals surface area contributed by atoms with Crippen LogP contribution in [0.25, 0.3) is 0 Å². The Morgan fingerprint density at radius 3 is 1.85 bits per heavy atom. The van der Waals surface area contributed by atoms with E-state index >= 15 is 0 Å². The van der Waals surface area contributed by atoms with Crippen molar-refractivity contribution in [2.45, 2.75) is 6.92 Å². The number of thiocarbonyl (C=S) groups is 1. The summed E-state index contributed by atoms with van der Waals surface area (Å²) in [5, 5.41) is 6.58. The van der Waals surface area contributed by atoms with Gasteiger partial charge in [0, 0.05) is 35.6 Å². The zero-order chi connectivity index (χ0) is 19.2. The fraction of sp³-hybridized carbons (Fsp3) is 0.250. The van der Waals surface area contributed by atoms with Crippen LogP contribution in [0.1, 0.15) is 27.6 Å². The highest BCUT2D eigenvalue weighted by Gasteiger charge is 2.18. The van der Waals surface area contributed by atoms with E-state index in [1.807, 2.05) is 12.1 Å². The lowest BCUT2D eigenvalue weighted by Gasteiger charge is -2.26. The molecule has 0 unspecified atom stereocenters. The minimum absolute atomic E-state index is 0.0103. The zero-order valence-electron chi connectivity index (χ0n) is 15.0. The van der Waals surface area contributed by atoms with Gasteiger partial charge in [0.25, 0.3) is 5.91 Å². The summed E-state index contributed by atoms with van der Waals surface area (Å²) in [5.74, 6) is 0.0325. The van der Waals surface area contributed by atoms with Crippen LogP contribution in [0.3, 0.4) is 0 Å². The number of anilines is 2. The summed E-state index contributed by atoms with van der Waals surface area (Å²) in [7, 11) is 0. The standard InChI is InChI=1S/C20H21N3O3S/c1-14(24)15-2-6-17(7-3-15)21-20(27)22-18-8-4-16(5-9-18)19(25)23-10-12-26-13-11-23/h2-9H,10-13H2,1H3,(H2,21,22,27). The Bertz CT molecular complexity index is 829. The number of hydrogen-bond donors (Lipinski definition) is 2. The third-order valence-electron chi connectivity index (χ3n) is 4.24. The molecule has 1 aliphatic heterocycles. The number of Topliss-reactive ketones (excluding diaryl/α,β-unsaturated/α-hetero) is 1. The molecule has 1 aliphatic rings. The van der Waals surface area contributed by atoms with Crippen LogP contribution in [0, 0.1) is 0 Å². The molecule has 1 amide bonds. The Morgan fingerprint density at radius 2 is 1.37 bits per heavy atom. The molecule has 1 heterocycles. The van der Waals surface area contributed by atoms with E-state index < -0.39 is 0 Å². The molecule has 0 aromatic heterocycles. The van der Waals surface area contributed by atoms with Gasteiger partial charge in [-0.1, -0.05) is 0 Å². The first kappa shape index (κ1) is 19.0. The molecule has 2 aromatic carbocycles. The lowest BCUT2D eigenvalue weighted by atomic mass is 10.1. The number of hydrogen-bond acceptors (Lipinski definition) is 4. The van der Waals surface area contributed by atoms with Crippen molar-refractivity contribution >= 4 is 40.4 Å². The monoisotopic (exact) mass is 383 g/mol. The largest absolute Gasteiger partial charge is 0.378 e. The van der Waals surface area contributed by atoms with E-state index in [0.717, 1.165) is 11.4 Å². The molecule has 7 heteroatoms. The number of rotatable bonds is 4. The summed E-state index contributed by atoms with van der Waals surface area (Å²) in [6.07, 6.45) is 0. The Hall–Kier alpha value is -2.77. The van der Waals surface area contributed by atoms with Gasteiger partial charge in [-0.05, 0) is 67.7 Å². The van der Waals surface area contributed by atoms with E-state index in [2.05, 4.69) is 10.6 Å². The summed E-state index contributed by atoms with van der Waals surface area (Å²) in [4.78, 5) is 25.5. The number of amides is 1. The predicted molar refractivity (Wildman–Crippen MR) is 109 cm³/mol. The van der Waals surface area contributed by atoms with Crippen LogP contribution < -0.4 is 10.6 Å². The first-order chi connectivity index (χ1) is 13.0. The summed E-state index contributed by atoms with van der Waals surface area (Å²) in [5.41, 5.74) is 2.86. The molecule has 0 radical (unpaired) electrons. The van der Waals surface area contributed by atoms with Crippen LogP contribution >= 0.6 is 12.2 Å². The van der Waals surface area contributed by atoms with Crippen molar-refractivity contribution in [1.29, 1.82) is 0 Å². The average molecular weight is 383 g/mol. The molecule has 2 aromatic rings. The average Bonchev–Trinajstić information content (AvgIpc) is 2.69. The molecule has 0 aliphatic carbocycles. The Morgan fingerprint density at radius 1 is 0.889 bits per heavy atom. The van der Waals surface area contributed by atoms with Gasteiger partial charge >= 0.3 is 0 Å². The van der Waals surface area contributed by atoms with Gasteiger partial charge < -0.3 is 20.3 Å². The fourth-order valence-electron chi connectivity index (χ4n) is 2.73. The molecule has 0 spiro atoms. The van der Waals surface area contributed by atoms with E-state index in [0.29, 0.717) is 42.5 Å². The number of nitrogens with one attached hydrogen (secondary N) is 2. The fourth-order valence-corrected chi connectivity index (χ4v) is 2.96. The summed E-state index contributed by atoms with van der Waals surface area (Å²) in [6.45, 7) is 3.93. The molecule has 6 nitrogen and oxygen atoms in total. The lowest BCUT2D eigenvalue weighted by Crippen LogP contribution is -2.40. The lowest BCUT2D eigenvalue weighted by molar-refractivity contribution is 0.0303. The third kappa shape index (κ3) is 5.12. The van der Waals surface area contributed by atoms with E-state index in [9.17, 15) is 9.59 Å². The van der Waals surface area contributed by atoms with Crippen LogP contribution in [0.5, 0.6) is 0 Å². The smallest absolute Gasteiger partial charge is 0.254 e. The molecular formula is C20H21N3O3S. The Balaban J connectivity index is 1.56. The maximum atomic E-state index is 12.4. The Labute approximate surface area is 163 Å². The predicted octanol–water partition coefficient (Wildman–Crippen LogP) is 3.17. The molecule has 140 valence electrons. The number of morpholine rings is 1. The van der Waals surface area contributed by atoms with Crippen molar-refractivity contribution in [2.24, 2.45) is 0 Å². The van der Waals surface area contributed by atoms with E-state index in [1.54, 1.807) is 41.3 Å². The van der Waals surface area contributed by atoms with Gasteiger partial charge in [0.2, 0.25) is 0 Å². The summed E-state index contributed by atoms with van der Waals surface area (Å²) in [6, 6.07) is 14.3. The highest BCUT2D eigenvalue weighted by atomic mass is 32.1. The normalized spacial score (nSPS) is 13.7. The zero-order valence-corrected chi connectivity index (χ0v) is 15.8. The minimum atomic E-state index is 0.0103. The van der Waals surface area contributed by atoms with Crippen molar-refractivity contribution in [1.82, 2.24) is 4.90 Å². The molecule has 0 saturated carbocycles. The van der Waals surface area contributed by atoms with Crippen molar-refractivity contribution in [2.75, 3.05) is 36.9 Å². The SMILES string of the molecule is CC(=O)c1ccc(NC(=S)Nc2ccc(C(=O)N3CCOCC3)cc2)cc1. The molecule has 0 atom stereocenters. The van der Waals surface area contributed by atoms with Crippen LogP contribution in [0.15, 0.2) is 48.5 Å². The molecular weight excluding hydrogens is 362 g/mol. The number of ketones is 1. The molecule has 1 saturated heterocycles. The van der Waals surface area contributed by atoms with Gasteiger partial charge in [0.05, 0.1) is 13.2 Å². The number of benzene rings is 2. The van der Waals surface area contributed by atoms with Gasteiger partial charge in [-0.15, -0.1) is 0 Å². The van der Waals surface area contributed by atoms with Gasteiger partial charge in [-0.2, -0.15) is 0 Å². The van der Waals surface area contributed by atoms with Gasteiger partial charge in [-0.25, -0.2) is 0 Å². The summed E-state index contributed by atoms with van der Waals surface area (Å²) < 4.78 is 5.27. The van der Waals surface area contributed by atoms with Crippen molar-refractivity contribution < 1.29 is 14.3 Å². The number of nitrogens with zero attached hydrogens (tertiary/aromatic N) is 1. The second-order valence-electron chi connectivity index (χ2n) is 6.19. The summed E-state index contributed by atoms with van der Waals surface area (Å²) >= 11 is 5.31. The number of carbonyl (C=O) groups is 2. The van der Waals surface area contributed by atoms with Gasteiger partial charge in [0.1, 0.15) is 0 Å². The second kappa shape index (κ2) is 8.75. The molecule has 0 bridgehead atoms. The minimum Gasteiger partial charge on any atom is -0.378 e. The van der Waals surface area contributed by atoms with Gasteiger partial charge in [-0.3, -0.25) is 9.59 Å². The highest BCUT2D eigenvalue weighted by Crippen LogP contribution is 2.14. The van der Waals surface area contributed by atoms with Gasteiger partial charge in [0.15, 0.2) is 10.9 Å². The van der Waals surface area contributed by atoms with Crippen LogP contribution in [-0.4, -0.2) is 48.0 Å². The third-order valence-corrected chi connectivity index (χ3v) is 4.44.